The second-order valence-electron chi connectivity index (χ2n) is 10.8. The molecule has 0 unspecified atom stereocenters. The molecule has 10 nitrogen and oxygen atoms in total. The smallest absolute Gasteiger partial charge is 0.366 e. The van der Waals surface area contributed by atoms with Crippen molar-refractivity contribution in [2.75, 3.05) is 55.1 Å². The van der Waals surface area contributed by atoms with Crippen LogP contribution in [0, 0.1) is 0 Å². The van der Waals surface area contributed by atoms with Crippen LogP contribution in [0.15, 0.2) is 42.5 Å². The summed E-state index contributed by atoms with van der Waals surface area (Å²) in [5.41, 5.74) is 8.78. The first-order chi connectivity index (χ1) is 20.3. The van der Waals surface area contributed by atoms with Gasteiger partial charge in [-0.1, -0.05) is 29.8 Å². The molecule has 0 radical (unpaired) electrons. The van der Waals surface area contributed by atoms with Crippen molar-refractivity contribution in [3.05, 3.63) is 64.3 Å². The number of nitrogens with one attached hydrogen (secondary N) is 1. The van der Waals surface area contributed by atoms with Crippen molar-refractivity contribution in [1.82, 2.24) is 19.6 Å². The number of alkyl halides is 3. The van der Waals surface area contributed by atoms with Crippen LogP contribution in [-0.2, 0) is 35.7 Å². The molecule has 3 N–H and O–H groups in total. The van der Waals surface area contributed by atoms with E-state index >= 15 is 0 Å². The molecule has 0 atom stereocenters. The molecule has 0 aliphatic carbocycles. The number of hydrogen-bond donors (Lipinski definition) is 2. The average Bonchev–Trinajstić information content (AvgIpc) is 3.30. The Labute approximate surface area is 253 Å². The van der Waals surface area contributed by atoms with Crippen LogP contribution in [-0.4, -0.2) is 79.6 Å². The second-order valence-corrected chi connectivity index (χ2v) is 12.9. The Kier molecular flexibility index (Phi) is 8.82. The van der Waals surface area contributed by atoms with Crippen LogP contribution in [0.3, 0.4) is 0 Å². The Morgan fingerprint density at radius 1 is 1.05 bits per heavy atom. The Hall–Kier alpha value is -3.49. The van der Waals surface area contributed by atoms with Crippen LogP contribution in [0.25, 0.3) is 11.3 Å². The molecule has 2 aliphatic rings. The summed E-state index contributed by atoms with van der Waals surface area (Å²) in [7, 11) is -3.47. The normalized spacial score (nSPS) is 16.3. The van der Waals surface area contributed by atoms with E-state index < -0.39 is 27.8 Å². The number of carbonyl (C=O) groups excluding carboxylic acids is 1. The number of fused-ring (bicyclic) bond motifs is 1. The lowest BCUT2D eigenvalue weighted by Gasteiger charge is -2.37. The third-order valence-electron chi connectivity index (χ3n) is 7.75. The number of para-hydroxylation sites is 1. The fraction of sp³-hybridized carbons (Fsp3) is 0.429. The number of urea groups is 1. The number of piperazine rings is 1. The molecule has 2 aliphatic heterocycles. The van der Waals surface area contributed by atoms with Crippen LogP contribution >= 0.6 is 11.6 Å². The number of carbonyl (C=O) groups is 1. The van der Waals surface area contributed by atoms with Crippen molar-refractivity contribution in [3.63, 3.8) is 0 Å². The van der Waals surface area contributed by atoms with Gasteiger partial charge in [-0.2, -0.15) is 18.3 Å². The van der Waals surface area contributed by atoms with Gasteiger partial charge in [-0.3, -0.25) is 14.3 Å². The lowest BCUT2D eigenvalue weighted by atomic mass is 10.00. The van der Waals surface area contributed by atoms with Gasteiger partial charge in [0, 0.05) is 69.1 Å². The molecule has 3 aromatic rings. The standard InChI is InChI=1S/C28H33ClF3N7O3S/c1-43(41,42)35-23-5-2-4-22(29)26(23)37-16-14-36(15-17-37)11-3-12-39-24-10-13-38(27(33)40)18-21(24)25(34-39)19-6-8-20(9-7-19)28(30,31)32/h2,4-9,35H,3,10-18H2,1H3,(H2,33,40). The van der Waals surface area contributed by atoms with E-state index in [9.17, 15) is 26.4 Å². The second kappa shape index (κ2) is 12.2. The SMILES string of the molecule is CS(=O)(=O)Nc1cccc(Cl)c1N1CCN(CCCn2nc(-c3ccc(C(F)(F)F)cc3)c3c2CCN(C(N)=O)C3)CC1. The van der Waals surface area contributed by atoms with Gasteiger partial charge in [0.1, 0.15) is 0 Å². The highest BCUT2D eigenvalue weighted by atomic mass is 35.5. The number of sulfonamides is 1. The molecule has 2 amide bonds. The summed E-state index contributed by atoms with van der Waals surface area (Å²) in [5, 5.41) is 5.27. The van der Waals surface area contributed by atoms with Crippen LogP contribution in [0.5, 0.6) is 0 Å². The number of nitrogens with zero attached hydrogens (tertiary/aromatic N) is 5. The highest BCUT2D eigenvalue weighted by Gasteiger charge is 2.31. The van der Waals surface area contributed by atoms with Crippen LogP contribution < -0.4 is 15.4 Å². The third-order valence-corrected chi connectivity index (χ3v) is 8.64. The highest BCUT2D eigenvalue weighted by Crippen LogP contribution is 2.36. The van der Waals surface area contributed by atoms with E-state index in [0.29, 0.717) is 60.3 Å². The summed E-state index contributed by atoms with van der Waals surface area (Å²) in [4.78, 5) is 17.8. The van der Waals surface area contributed by atoms with Crippen molar-refractivity contribution in [2.45, 2.75) is 32.1 Å². The zero-order valence-corrected chi connectivity index (χ0v) is 25.1. The predicted octanol–water partition coefficient (Wildman–Crippen LogP) is 4.24. The van der Waals surface area contributed by atoms with Gasteiger partial charge < -0.3 is 15.5 Å². The van der Waals surface area contributed by atoms with Gasteiger partial charge in [-0.25, -0.2) is 13.2 Å². The number of aryl methyl sites for hydroxylation is 1. The Morgan fingerprint density at radius 3 is 2.37 bits per heavy atom. The molecule has 1 aromatic heterocycles. The van der Waals surface area contributed by atoms with E-state index in [2.05, 4.69) is 14.5 Å². The van der Waals surface area contributed by atoms with E-state index in [0.717, 1.165) is 55.7 Å². The first-order valence-electron chi connectivity index (χ1n) is 13.8. The van der Waals surface area contributed by atoms with Crippen LogP contribution in [0.2, 0.25) is 5.02 Å². The lowest BCUT2D eigenvalue weighted by Crippen LogP contribution is -2.47. The number of nitrogens with two attached hydrogens (primary N) is 1. The number of primary amides is 1. The zero-order chi connectivity index (χ0) is 30.9. The molecule has 0 saturated carbocycles. The highest BCUT2D eigenvalue weighted by molar-refractivity contribution is 7.92. The maximum absolute atomic E-state index is 13.1. The van der Waals surface area contributed by atoms with Gasteiger partial charge in [-0.15, -0.1) is 0 Å². The molecule has 15 heteroatoms. The number of halogens is 4. The fourth-order valence-corrected chi connectivity index (χ4v) is 6.53. The molecule has 2 aromatic carbocycles. The quantitative estimate of drug-likeness (QED) is 0.381. The lowest BCUT2D eigenvalue weighted by molar-refractivity contribution is -0.137. The van der Waals surface area contributed by atoms with E-state index in [1.54, 1.807) is 18.2 Å². The molecular formula is C28H33ClF3N7O3S. The van der Waals surface area contributed by atoms with Crippen molar-refractivity contribution < 1.29 is 26.4 Å². The Morgan fingerprint density at radius 2 is 1.74 bits per heavy atom. The van der Waals surface area contributed by atoms with Crippen molar-refractivity contribution in [3.8, 4) is 11.3 Å². The molecule has 3 heterocycles. The van der Waals surface area contributed by atoms with Crippen molar-refractivity contribution in [1.29, 1.82) is 0 Å². The molecule has 1 saturated heterocycles. The van der Waals surface area contributed by atoms with E-state index in [4.69, 9.17) is 22.4 Å². The van der Waals surface area contributed by atoms with E-state index in [1.165, 1.54) is 17.0 Å². The van der Waals surface area contributed by atoms with Crippen molar-refractivity contribution >= 4 is 39.0 Å². The molecule has 43 heavy (non-hydrogen) atoms. The minimum Gasteiger partial charge on any atom is -0.366 e. The average molecular weight is 640 g/mol. The number of rotatable bonds is 8. The number of anilines is 2. The van der Waals surface area contributed by atoms with Gasteiger partial charge >= 0.3 is 12.2 Å². The van der Waals surface area contributed by atoms with Gasteiger partial charge in [0.05, 0.1) is 40.5 Å². The third kappa shape index (κ3) is 7.19. The molecular weight excluding hydrogens is 607 g/mol. The summed E-state index contributed by atoms with van der Waals surface area (Å²) in [6.45, 7) is 4.94. The minimum atomic E-state index is -4.44. The molecule has 5 rings (SSSR count). The summed E-state index contributed by atoms with van der Waals surface area (Å²) in [5.74, 6) is 0. The van der Waals surface area contributed by atoms with Crippen LogP contribution in [0.4, 0.5) is 29.3 Å². The Balaban J connectivity index is 1.25. The van der Waals surface area contributed by atoms with Gasteiger partial charge in [0.15, 0.2) is 0 Å². The number of amides is 2. The molecule has 0 spiro atoms. The topological polar surface area (TPSA) is 117 Å². The van der Waals surface area contributed by atoms with E-state index in [1.807, 2.05) is 4.68 Å². The van der Waals surface area contributed by atoms with Crippen molar-refractivity contribution in [2.24, 2.45) is 5.73 Å². The maximum Gasteiger partial charge on any atom is 0.416 e. The largest absolute Gasteiger partial charge is 0.416 e. The van der Waals surface area contributed by atoms with Gasteiger partial charge in [0.25, 0.3) is 0 Å². The number of hydrogen-bond acceptors (Lipinski definition) is 6. The van der Waals surface area contributed by atoms with E-state index in [-0.39, 0.29) is 6.54 Å². The van der Waals surface area contributed by atoms with Gasteiger partial charge in [0.2, 0.25) is 10.0 Å². The molecule has 0 bridgehead atoms. The minimum absolute atomic E-state index is 0.251. The van der Waals surface area contributed by atoms with Gasteiger partial charge in [-0.05, 0) is 30.7 Å². The Bertz CT molecular complexity index is 1590. The molecule has 232 valence electrons. The zero-order valence-electron chi connectivity index (χ0n) is 23.6. The number of benzene rings is 2. The monoisotopic (exact) mass is 639 g/mol. The summed E-state index contributed by atoms with van der Waals surface area (Å²) in [6.07, 6.45) is -2.00. The number of aromatic nitrogens is 2. The maximum atomic E-state index is 13.1. The summed E-state index contributed by atoms with van der Waals surface area (Å²) in [6, 6.07) is 9.49. The fourth-order valence-electron chi connectivity index (χ4n) is 5.67. The molecule has 1 fully saturated rings. The van der Waals surface area contributed by atoms with Crippen LogP contribution in [0.1, 0.15) is 23.2 Å². The predicted molar refractivity (Wildman–Crippen MR) is 160 cm³/mol. The first-order valence-corrected chi connectivity index (χ1v) is 16.1. The summed E-state index contributed by atoms with van der Waals surface area (Å²) >= 11 is 6.46. The summed E-state index contributed by atoms with van der Waals surface area (Å²) < 4.78 is 67.5. The first kappa shape index (κ1) is 31.0.